The molecule has 2 fully saturated rings. The molecule has 0 bridgehead atoms. The monoisotopic (exact) mass is 322 g/mol. The van der Waals surface area contributed by atoms with E-state index < -0.39 is 8.80 Å². The molecule has 0 aromatic carbocycles. The van der Waals surface area contributed by atoms with E-state index in [9.17, 15) is 0 Å². The van der Waals surface area contributed by atoms with Crippen molar-refractivity contribution < 1.29 is 4.74 Å². The van der Waals surface area contributed by atoms with Gasteiger partial charge in [0, 0.05) is 6.61 Å². The van der Waals surface area contributed by atoms with Crippen molar-refractivity contribution in [1.29, 1.82) is 0 Å². The smallest absolute Gasteiger partial charge is 0.0671 e. The zero-order valence-electron chi connectivity index (χ0n) is 15.3. The summed E-state index contributed by atoms with van der Waals surface area (Å²) in [7, 11) is -0.823. The van der Waals surface area contributed by atoms with Crippen molar-refractivity contribution in [2.24, 2.45) is 0 Å². The van der Waals surface area contributed by atoms with Crippen LogP contribution in [0.15, 0.2) is 12.2 Å². The van der Waals surface area contributed by atoms with Gasteiger partial charge in [-0.2, -0.15) is 0 Å². The van der Waals surface area contributed by atoms with Crippen molar-refractivity contribution in [2.45, 2.75) is 101 Å². The second-order valence-corrected chi connectivity index (χ2v) is 13.3. The Morgan fingerprint density at radius 3 is 1.82 bits per heavy atom. The maximum Gasteiger partial charge on any atom is 0.0671 e. The molecule has 0 spiro atoms. The van der Waals surface area contributed by atoms with Gasteiger partial charge in [0.25, 0.3) is 0 Å². The lowest BCUT2D eigenvalue weighted by Gasteiger charge is -2.45. The molecule has 0 atom stereocenters. The molecule has 2 heteroatoms. The number of ether oxygens (including phenoxy) is 1. The fraction of sp³-hybridized carbons (Fsp3) is 0.900. The third-order valence-corrected chi connectivity index (χ3v) is 11.4. The summed E-state index contributed by atoms with van der Waals surface area (Å²) >= 11 is 0. The summed E-state index contributed by atoms with van der Waals surface area (Å²) in [6.45, 7) is 12.8. The number of hydrogen-bond donors (Lipinski definition) is 0. The first-order valence-electron chi connectivity index (χ1n) is 9.73. The fourth-order valence-electron chi connectivity index (χ4n) is 5.23. The molecule has 0 N–H and O–H groups in total. The lowest BCUT2D eigenvalue weighted by Crippen LogP contribution is -2.41. The molecule has 22 heavy (non-hydrogen) atoms. The summed E-state index contributed by atoms with van der Waals surface area (Å²) in [5.74, 6) is 0. The average molecular weight is 323 g/mol. The Labute approximate surface area is 140 Å². The van der Waals surface area contributed by atoms with Crippen LogP contribution in [-0.4, -0.2) is 22.0 Å². The first-order valence-corrected chi connectivity index (χ1v) is 11.6. The lowest BCUT2D eigenvalue weighted by molar-refractivity contribution is 0.131. The molecule has 2 rings (SSSR count). The van der Waals surface area contributed by atoms with Gasteiger partial charge in [-0.15, -0.1) is 0 Å². The van der Waals surface area contributed by atoms with Gasteiger partial charge in [-0.1, -0.05) is 90.2 Å². The van der Waals surface area contributed by atoms with Gasteiger partial charge in [0.1, 0.15) is 0 Å². The minimum absolute atomic E-state index is 0.444. The molecule has 0 amide bonds. The summed E-state index contributed by atoms with van der Waals surface area (Å²) < 4.78 is 6.06. The average Bonchev–Trinajstić information content (AvgIpc) is 2.48. The predicted octanol–water partition coefficient (Wildman–Crippen LogP) is 6.26. The normalized spacial score (nSPS) is 22.2. The summed E-state index contributed by atoms with van der Waals surface area (Å²) in [6, 6.07) is 0. The Morgan fingerprint density at radius 1 is 0.955 bits per heavy atom. The van der Waals surface area contributed by atoms with Crippen molar-refractivity contribution in [1.82, 2.24) is 0 Å². The summed E-state index contributed by atoms with van der Waals surface area (Å²) in [6.07, 6.45) is 15.0. The standard InChI is InChI=1S/C20H38OSi/c1-17(2)15-21-16-20(3,4)22(18-11-7-5-8-12-18)19-13-9-6-10-14-19/h18-19,22H,1,5-16H2,2-4H3. The van der Waals surface area contributed by atoms with E-state index in [4.69, 9.17) is 4.74 Å². The Morgan fingerprint density at radius 2 is 1.41 bits per heavy atom. The van der Waals surface area contributed by atoms with E-state index in [2.05, 4.69) is 27.4 Å². The first kappa shape index (κ1) is 18.3. The van der Waals surface area contributed by atoms with Gasteiger partial charge in [0.05, 0.1) is 15.4 Å². The molecule has 2 aliphatic rings. The Hall–Kier alpha value is -0.0831. The quantitative estimate of drug-likeness (QED) is 0.397. The third kappa shape index (κ3) is 5.23. The van der Waals surface area contributed by atoms with Crippen LogP contribution in [0.2, 0.25) is 16.1 Å². The Bertz CT molecular complexity index is 320. The van der Waals surface area contributed by atoms with Crippen LogP contribution in [0.4, 0.5) is 0 Å². The molecular weight excluding hydrogens is 284 g/mol. The second-order valence-electron chi connectivity index (χ2n) is 8.76. The van der Waals surface area contributed by atoms with Gasteiger partial charge in [-0.25, -0.2) is 0 Å². The van der Waals surface area contributed by atoms with Gasteiger partial charge < -0.3 is 4.74 Å². The Balaban J connectivity index is 2.04. The summed E-state index contributed by atoms with van der Waals surface area (Å²) in [4.78, 5) is 0. The van der Waals surface area contributed by atoms with E-state index in [1.54, 1.807) is 0 Å². The minimum Gasteiger partial charge on any atom is -0.377 e. The highest BCUT2D eigenvalue weighted by atomic mass is 28.3. The largest absolute Gasteiger partial charge is 0.377 e. The lowest BCUT2D eigenvalue weighted by atomic mass is 9.99. The SMILES string of the molecule is C=C(C)COCC(C)(C)[SiH](C1CCCCC1)C1CCCCC1. The summed E-state index contributed by atoms with van der Waals surface area (Å²) in [5.41, 5.74) is 3.32. The van der Waals surface area contributed by atoms with Crippen LogP contribution in [0, 0.1) is 0 Å². The van der Waals surface area contributed by atoms with Gasteiger partial charge >= 0.3 is 0 Å². The maximum absolute atomic E-state index is 6.06. The van der Waals surface area contributed by atoms with E-state index >= 15 is 0 Å². The van der Waals surface area contributed by atoms with Crippen LogP contribution in [0.1, 0.15) is 85.0 Å². The first-order chi connectivity index (χ1) is 10.5. The van der Waals surface area contributed by atoms with Crippen LogP contribution in [0.25, 0.3) is 0 Å². The Kier molecular flexibility index (Phi) is 7.20. The molecular formula is C20H38OSi. The zero-order valence-corrected chi connectivity index (χ0v) is 16.5. The molecule has 0 aromatic rings. The maximum atomic E-state index is 6.06. The van der Waals surface area contributed by atoms with Crippen LogP contribution < -0.4 is 0 Å². The van der Waals surface area contributed by atoms with Gasteiger partial charge in [0.2, 0.25) is 0 Å². The van der Waals surface area contributed by atoms with E-state index in [0.717, 1.165) is 29.9 Å². The predicted molar refractivity (Wildman–Crippen MR) is 100 cm³/mol. The van der Waals surface area contributed by atoms with Gasteiger partial charge in [-0.05, 0) is 23.0 Å². The second kappa shape index (κ2) is 8.68. The van der Waals surface area contributed by atoms with Crippen molar-refractivity contribution in [3.05, 3.63) is 12.2 Å². The van der Waals surface area contributed by atoms with E-state index in [1.165, 1.54) is 64.2 Å². The number of rotatable bonds is 7. The van der Waals surface area contributed by atoms with E-state index in [-0.39, 0.29) is 0 Å². The molecule has 0 radical (unpaired) electrons. The van der Waals surface area contributed by atoms with Crippen molar-refractivity contribution in [3.8, 4) is 0 Å². The third-order valence-electron chi connectivity index (χ3n) is 6.04. The molecule has 128 valence electrons. The molecule has 0 saturated heterocycles. The molecule has 1 nitrogen and oxygen atoms in total. The minimum atomic E-state index is -0.823. The number of hydrogen-bond acceptors (Lipinski definition) is 1. The zero-order chi connectivity index (χ0) is 16.0. The van der Waals surface area contributed by atoms with E-state index in [0.29, 0.717) is 5.04 Å². The van der Waals surface area contributed by atoms with Gasteiger partial charge in [-0.3, -0.25) is 0 Å². The van der Waals surface area contributed by atoms with Crippen molar-refractivity contribution in [2.75, 3.05) is 13.2 Å². The van der Waals surface area contributed by atoms with Crippen LogP contribution >= 0.6 is 0 Å². The molecule has 2 aliphatic carbocycles. The van der Waals surface area contributed by atoms with Crippen LogP contribution in [0.3, 0.4) is 0 Å². The van der Waals surface area contributed by atoms with E-state index in [1.807, 2.05) is 0 Å². The van der Waals surface area contributed by atoms with Crippen LogP contribution in [-0.2, 0) is 4.74 Å². The molecule has 0 aromatic heterocycles. The van der Waals surface area contributed by atoms with Crippen molar-refractivity contribution >= 4 is 8.80 Å². The molecule has 0 unspecified atom stereocenters. The highest BCUT2D eigenvalue weighted by Crippen LogP contribution is 2.50. The highest BCUT2D eigenvalue weighted by Gasteiger charge is 2.42. The summed E-state index contributed by atoms with van der Waals surface area (Å²) in [5, 5.41) is 0.444. The van der Waals surface area contributed by atoms with Gasteiger partial charge in [0.15, 0.2) is 0 Å². The molecule has 0 heterocycles. The topological polar surface area (TPSA) is 9.23 Å². The molecule has 0 aliphatic heterocycles. The molecule has 2 saturated carbocycles. The fourth-order valence-corrected chi connectivity index (χ4v) is 11.2. The van der Waals surface area contributed by atoms with Crippen molar-refractivity contribution in [3.63, 3.8) is 0 Å². The highest BCUT2D eigenvalue weighted by molar-refractivity contribution is 6.65. The van der Waals surface area contributed by atoms with Crippen LogP contribution in [0.5, 0.6) is 0 Å².